The summed E-state index contributed by atoms with van der Waals surface area (Å²) in [6.07, 6.45) is -1.24. The molecule has 4 unspecified atom stereocenters. The Morgan fingerprint density at radius 3 is 2.20 bits per heavy atom. The van der Waals surface area contributed by atoms with Crippen LogP contribution in [0.4, 0.5) is 5.69 Å². The minimum absolute atomic E-state index is 0.0308. The first-order valence-corrected chi connectivity index (χ1v) is 16.5. The second-order valence-electron chi connectivity index (χ2n) is 10.4. The first-order chi connectivity index (χ1) is 21.4. The third-order valence-corrected chi connectivity index (χ3v) is 9.84. The SMILES string of the molecule is CC1C(CSc2nnnn2-c2ccccc2)OC(c2ccc(NS(=O)(=O)c3ccccc3)cc2)OC1c1ccc(CO)cc1. The van der Waals surface area contributed by atoms with Gasteiger partial charge in [0.2, 0.25) is 5.16 Å². The van der Waals surface area contributed by atoms with E-state index >= 15 is 0 Å². The summed E-state index contributed by atoms with van der Waals surface area (Å²) in [5, 5.41) is 22.5. The Balaban J connectivity index is 1.23. The second kappa shape index (κ2) is 13.3. The molecule has 1 aliphatic rings. The first-order valence-electron chi connectivity index (χ1n) is 14.1. The number of aliphatic hydroxyl groups excluding tert-OH is 1. The number of benzene rings is 4. The van der Waals surface area contributed by atoms with Gasteiger partial charge in [0.05, 0.1) is 29.4 Å². The average molecular weight is 630 g/mol. The number of hydrogen-bond donors (Lipinski definition) is 2. The van der Waals surface area contributed by atoms with Crippen LogP contribution in [-0.4, -0.2) is 45.6 Å². The lowest BCUT2D eigenvalue weighted by Gasteiger charge is -2.41. The van der Waals surface area contributed by atoms with Gasteiger partial charge in [-0.1, -0.05) is 91.5 Å². The van der Waals surface area contributed by atoms with Gasteiger partial charge in [0.1, 0.15) is 0 Å². The van der Waals surface area contributed by atoms with Gasteiger partial charge >= 0.3 is 0 Å². The zero-order valence-electron chi connectivity index (χ0n) is 23.8. The van der Waals surface area contributed by atoms with Gasteiger partial charge in [0, 0.05) is 22.9 Å². The predicted octanol–water partition coefficient (Wildman–Crippen LogP) is 5.54. The third kappa shape index (κ3) is 6.69. The quantitative estimate of drug-likeness (QED) is 0.191. The van der Waals surface area contributed by atoms with Crippen molar-refractivity contribution in [3.05, 3.63) is 126 Å². The van der Waals surface area contributed by atoms with Crippen LogP contribution in [0.2, 0.25) is 0 Å². The lowest BCUT2D eigenvalue weighted by molar-refractivity contribution is -0.268. The van der Waals surface area contributed by atoms with Crippen LogP contribution in [0.15, 0.2) is 119 Å². The van der Waals surface area contributed by atoms with Crippen molar-refractivity contribution in [1.29, 1.82) is 0 Å². The van der Waals surface area contributed by atoms with Crippen LogP contribution in [0.25, 0.3) is 5.69 Å². The van der Waals surface area contributed by atoms with Crippen molar-refractivity contribution >= 4 is 27.5 Å². The number of aromatic nitrogens is 4. The van der Waals surface area contributed by atoms with E-state index in [-0.39, 0.29) is 29.6 Å². The molecule has 1 saturated heterocycles. The van der Waals surface area contributed by atoms with E-state index in [2.05, 4.69) is 27.2 Å². The van der Waals surface area contributed by atoms with Gasteiger partial charge in [-0.25, -0.2) is 8.42 Å². The minimum atomic E-state index is -3.72. The molecule has 5 aromatic rings. The smallest absolute Gasteiger partial charge is 0.261 e. The van der Waals surface area contributed by atoms with E-state index in [4.69, 9.17) is 9.47 Å². The van der Waals surface area contributed by atoms with E-state index in [1.54, 1.807) is 59.3 Å². The molecule has 0 bridgehead atoms. The largest absolute Gasteiger partial charge is 0.392 e. The molecular weight excluding hydrogens is 599 g/mol. The van der Waals surface area contributed by atoms with Crippen molar-refractivity contribution in [1.82, 2.24) is 20.2 Å². The van der Waals surface area contributed by atoms with E-state index in [1.165, 1.54) is 11.8 Å². The Labute approximate surface area is 260 Å². The highest BCUT2D eigenvalue weighted by Crippen LogP contribution is 2.43. The molecule has 4 aromatic carbocycles. The van der Waals surface area contributed by atoms with E-state index in [0.717, 1.165) is 22.4 Å². The number of thioether (sulfide) groups is 1. The number of hydrogen-bond acceptors (Lipinski definition) is 9. The number of anilines is 1. The van der Waals surface area contributed by atoms with E-state index in [0.29, 0.717) is 16.6 Å². The number of nitrogens with zero attached hydrogens (tertiary/aromatic N) is 4. The minimum Gasteiger partial charge on any atom is -0.392 e. The van der Waals surface area contributed by atoms with Gasteiger partial charge < -0.3 is 14.6 Å². The number of aliphatic hydroxyl groups is 1. The highest BCUT2D eigenvalue weighted by Gasteiger charge is 2.38. The van der Waals surface area contributed by atoms with Crippen molar-refractivity contribution < 1.29 is 23.0 Å². The lowest BCUT2D eigenvalue weighted by atomic mass is 9.91. The molecule has 12 heteroatoms. The van der Waals surface area contributed by atoms with Gasteiger partial charge in [-0.2, -0.15) is 4.68 Å². The molecule has 44 heavy (non-hydrogen) atoms. The summed E-state index contributed by atoms with van der Waals surface area (Å²) in [5.41, 5.74) is 3.83. The van der Waals surface area contributed by atoms with Gasteiger partial charge in [0.15, 0.2) is 6.29 Å². The average Bonchev–Trinajstić information content (AvgIpc) is 3.54. The summed E-state index contributed by atoms with van der Waals surface area (Å²) in [4.78, 5) is 0.186. The summed E-state index contributed by atoms with van der Waals surface area (Å²) in [7, 11) is -3.72. The maximum Gasteiger partial charge on any atom is 0.261 e. The molecule has 1 aliphatic heterocycles. The Kier molecular flexibility index (Phi) is 9.05. The van der Waals surface area contributed by atoms with Crippen molar-refractivity contribution in [2.45, 2.75) is 42.1 Å². The van der Waals surface area contributed by atoms with Crippen molar-refractivity contribution in [3.8, 4) is 5.69 Å². The van der Waals surface area contributed by atoms with E-state index < -0.39 is 16.3 Å². The zero-order chi connectivity index (χ0) is 30.5. The molecule has 0 amide bonds. The Bertz CT molecular complexity index is 1770. The standard InChI is InChI=1S/C32H31N5O5S2/c1-22-29(21-43-32-33-35-36-37(32)27-8-4-2-5-9-27)41-31(42-30(22)24-14-12-23(20-38)13-15-24)25-16-18-26(19-17-25)34-44(39,40)28-10-6-3-7-11-28/h2-19,22,29-31,34,38H,20-21H2,1H3. The fraction of sp³-hybridized carbons (Fsp3) is 0.219. The normalized spacial score (nSPS) is 20.3. The van der Waals surface area contributed by atoms with Crippen molar-refractivity contribution in [3.63, 3.8) is 0 Å². The van der Waals surface area contributed by atoms with Crippen LogP contribution in [0, 0.1) is 5.92 Å². The zero-order valence-corrected chi connectivity index (χ0v) is 25.4. The lowest BCUT2D eigenvalue weighted by Crippen LogP contribution is -2.38. The summed E-state index contributed by atoms with van der Waals surface area (Å²) in [6, 6.07) is 32.6. The topological polar surface area (TPSA) is 128 Å². The highest BCUT2D eigenvalue weighted by molar-refractivity contribution is 7.99. The molecule has 0 spiro atoms. The Morgan fingerprint density at radius 2 is 1.52 bits per heavy atom. The fourth-order valence-electron chi connectivity index (χ4n) is 4.99. The number of para-hydroxylation sites is 1. The molecule has 6 rings (SSSR count). The van der Waals surface area contributed by atoms with Gasteiger partial charge in [-0.05, 0) is 58.0 Å². The Hall–Kier alpha value is -4.07. The van der Waals surface area contributed by atoms with Gasteiger partial charge in [0.25, 0.3) is 10.0 Å². The molecule has 1 fully saturated rings. The number of nitrogens with one attached hydrogen (secondary N) is 1. The number of ether oxygens (including phenoxy) is 2. The van der Waals surface area contributed by atoms with Crippen LogP contribution in [0.3, 0.4) is 0 Å². The molecule has 0 aliphatic carbocycles. The number of sulfonamides is 1. The van der Waals surface area contributed by atoms with E-state index in [9.17, 15) is 13.5 Å². The molecule has 1 aromatic heterocycles. The van der Waals surface area contributed by atoms with Crippen LogP contribution >= 0.6 is 11.8 Å². The maximum absolute atomic E-state index is 12.8. The van der Waals surface area contributed by atoms with Crippen LogP contribution < -0.4 is 4.72 Å². The summed E-state index contributed by atoms with van der Waals surface area (Å²) >= 11 is 1.50. The molecule has 2 heterocycles. The third-order valence-electron chi connectivity index (χ3n) is 7.43. The number of tetrazole rings is 1. The molecule has 2 N–H and O–H groups in total. The highest BCUT2D eigenvalue weighted by atomic mass is 32.2. The monoisotopic (exact) mass is 629 g/mol. The maximum atomic E-state index is 12.8. The molecular formula is C32H31N5O5S2. The molecule has 4 atom stereocenters. The summed E-state index contributed by atoms with van der Waals surface area (Å²) in [5.74, 6) is 0.533. The van der Waals surface area contributed by atoms with Crippen LogP contribution in [0.1, 0.15) is 36.0 Å². The second-order valence-corrected chi connectivity index (χ2v) is 13.1. The van der Waals surface area contributed by atoms with E-state index in [1.807, 2.05) is 54.6 Å². The summed E-state index contributed by atoms with van der Waals surface area (Å²) in [6.45, 7) is 2.05. The molecule has 0 saturated carbocycles. The van der Waals surface area contributed by atoms with Crippen molar-refractivity contribution in [2.75, 3.05) is 10.5 Å². The molecule has 0 radical (unpaired) electrons. The first kappa shape index (κ1) is 30.0. The fourth-order valence-corrected chi connectivity index (χ4v) is 7.12. The predicted molar refractivity (Wildman–Crippen MR) is 167 cm³/mol. The summed E-state index contributed by atoms with van der Waals surface area (Å²) < 4.78 is 43.0. The van der Waals surface area contributed by atoms with Crippen LogP contribution in [0.5, 0.6) is 0 Å². The number of rotatable bonds is 10. The van der Waals surface area contributed by atoms with Gasteiger partial charge in [-0.3, -0.25) is 4.72 Å². The Morgan fingerprint density at radius 1 is 0.864 bits per heavy atom. The van der Waals surface area contributed by atoms with Crippen molar-refractivity contribution in [2.24, 2.45) is 5.92 Å². The molecule has 10 nitrogen and oxygen atoms in total. The molecule has 226 valence electrons. The van der Waals surface area contributed by atoms with Gasteiger partial charge in [-0.15, -0.1) is 5.10 Å². The van der Waals surface area contributed by atoms with Crippen LogP contribution in [-0.2, 0) is 26.1 Å².